The molecule has 0 radical (unpaired) electrons. The van der Waals surface area contributed by atoms with E-state index in [1.807, 2.05) is 0 Å². The predicted octanol–water partition coefficient (Wildman–Crippen LogP) is 1.01. The molecule has 0 aromatic heterocycles. The van der Waals surface area contributed by atoms with E-state index in [0.29, 0.717) is 0 Å². The Morgan fingerprint density at radius 1 is 1.27 bits per heavy atom. The van der Waals surface area contributed by atoms with Crippen LogP contribution in [-0.2, 0) is 10.0 Å². The fourth-order valence-electron chi connectivity index (χ4n) is 1.77. The molecule has 0 heterocycles. The Bertz CT molecular complexity index is 286. The van der Waals surface area contributed by atoms with Gasteiger partial charge in [-0.25, -0.2) is 13.1 Å². The van der Waals surface area contributed by atoms with Gasteiger partial charge in [-0.05, 0) is 26.7 Å². The largest absolute Gasteiger partial charge is 0.389 e. The topological polar surface area (TPSA) is 66.4 Å². The molecule has 0 saturated heterocycles. The Labute approximate surface area is 92.1 Å². The second kappa shape index (κ2) is 4.80. The van der Waals surface area contributed by atoms with Gasteiger partial charge in [0.25, 0.3) is 0 Å². The molecule has 4 nitrogen and oxygen atoms in total. The van der Waals surface area contributed by atoms with Gasteiger partial charge in [0.05, 0.1) is 10.9 Å². The number of hydrogen-bond donors (Lipinski definition) is 2. The summed E-state index contributed by atoms with van der Waals surface area (Å²) in [6.45, 7) is 3.28. The Morgan fingerprint density at radius 3 is 2.27 bits per heavy atom. The molecule has 5 heteroatoms. The van der Waals surface area contributed by atoms with Crippen LogP contribution in [0.25, 0.3) is 0 Å². The zero-order valence-corrected chi connectivity index (χ0v) is 10.3. The first-order chi connectivity index (χ1) is 6.81. The molecule has 0 unspecified atom stereocenters. The van der Waals surface area contributed by atoms with Crippen molar-refractivity contribution in [3.05, 3.63) is 0 Å². The van der Waals surface area contributed by atoms with Crippen LogP contribution in [0.1, 0.15) is 46.0 Å². The summed E-state index contributed by atoms with van der Waals surface area (Å²) in [5, 5.41) is 9.20. The van der Waals surface area contributed by atoms with Crippen LogP contribution in [0.3, 0.4) is 0 Å². The van der Waals surface area contributed by atoms with E-state index in [-0.39, 0.29) is 11.8 Å². The van der Waals surface area contributed by atoms with Gasteiger partial charge >= 0.3 is 0 Å². The minimum atomic E-state index is -3.23. The van der Waals surface area contributed by atoms with Crippen molar-refractivity contribution in [1.82, 2.24) is 4.72 Å². The molecule has 0 aromatic carbocycles. The van der Waals surface area contributed by atoms with Crippen molar-refractivity contribution in [2.45, 2.75) is 56.8 Å². The molecule has 0 atom stereocenters. The van der Waals surface area contributed by atoms with Crippen LogP contribution in [0.4, 0.5) is 0 Å². The average molecular weight is 235 g/mol. The van der Waals surface area contributed by atoms with E-state index in [1.54, 1.807) is 13.8 Å². The van der Waals surface area contributed by atoms with Crippen molar-refractivity contribution >= 4 is 10.0 Å². The summed E-state index contributed by atoms with van der Waals surface area (Å²) >= 11 is 0. The Balaban J connectivity index is 2.51. The molecule has 2 N–H and O–H groups in total. The maximum atomic E-state index is 11.8. The van der Waals surface area contributed by atoms with E-state index in [1.165, 1.54) is 0 Å². The van der Waals surface area contributed by atoms with Gasteiger partial charge in [-0.3, -0.25) is 0 Å². The fraction of sp³-hybridized carbons (Fsp3) is 1.00. The molecule has 0 amide bonds. The highest BCUT2D eigenvalue weighted by molar-refractivity contribution is 7.90. The van der Waals surface area contributed by atoms with Gasteiger partial charge in [0.2, 0.25) is 10.0 Å². The lowest BCUT2D eigenvalue weighted by atomic mass is 10.0. The zero-order chi connectivity index (χ0) is 11.5. The lowest BCUT2D eigenvalue weighted by Gasteiger charge is -2.24. The molecule has 0 spiro atoms. The van der Waals surface area contributed by atoms with Crippen LogP contribution < -0.4 is 4.72 Å². The number of sulfonamides is 1. The normalized spacial score (nSPS) is 20.5. The summed E-state index contributed by atoms with van der Waals surface area (Å²) in [5.74, 6) is 0. The average Bonchev–Trinajstić information content (AvgIpc) is 2.16. The quantitative estimate of drug-likeness (QED) is 0.764. The van der Waals surface area contributed by atoms with E-state index in [2.05, 4.69) is 4.72 Å². The molecule has 0 bridgehead atoms. The molecule has 1 aliphatic rings. The lowest BCUT2D eigenvalue weighted by Crippen LogP contribution is -2.43. The van der Waals surface area contributed by atoms with Gasteiger partial charge in [0.15, 0.2) is 0 Å². The van der Waals surface area contributed by atoms with E-state index in [9.17, 15) is 13.5 Å². The SMILES string of the molecule is CC(C)(O)CNS(=O)(=O)C1CCCCC1. The van der Waals surface area contributed by atoms with Crippen LogP contribution >= 0.6 is 0 Å². The van der Waals surface area contributed by atoms with E-state index in [0.717, 1.165) is 32.1 Å². The van der Waals surface area contributed by atoms with Crippen molar-refractivity contribution < 1.29 is 13.5 Å². The van der Waals surface area contributed by atoms with E-state index < -0.39 is 15.6 Å². The Kier molecular flexibility index (Phi) is 4.14. The minimum Gasteiger partial charge on any atom is -0.389 e. The first kappa shape index (κ1) is 12.9. The Morgan fingerprint density at radius 2 is 1.80 bits per heavy atom. The van der Waals surface area contributed by atoms with Crippen molar-refractivity contribution in [2.24, 2.45) is 0 Å². The van der Waals surface area contributed by atoms with E-state index >= 15 is 0 Å². The third kappa shape index (κ3) is 4.49. The van der Waals surface area contributed by atoms with E-state index in [4.69, 9.17) is 0 Å². The number of hydrogen-bond acceptors (Lipinski definition) is 3. The van der Waals surface area contributed by atoms with Gasteiger partial charge in [0, 0.05) is 6.54 Å². The maximum absolute atomic E-state index is 11.8. The van der Waals surface area contributed by atoms with Crippen LogP contribution in [0, 0.1) is 0 Å². The highest BCUT2D eigenvalue weighted by atomic mass is 32.2. The van der Waals surface area contributed by atoms with Gasteiger partial charge < -0.3 is 5.11 Å². The van der Waals surface area contributed by atoms with Crippen LogP contribution in [-0.4, -0.2) is 30.9 Å². The predicted molar refractivity (Wildman–Crippen MR) is 60.1 cm³/mol. The molecule has 1 rings (SSSR count). The zero-order valence-electron chi connectivity index (χ0n) is 9.49. The molecule has 90 valence electrons. The molecule has 1 fully saturated rings. The van der Waals surface area contributed by atoms with Crippen molar-refractivity contribution in [2.75, 3.05) is 6.54 Å². The summed E-state index contributed by atoms with van der Waals surface area (Å²) in [7, 11) is -3.23. The van der Waals surface area contributed by atoms with Crippen LogP contribution in [0.5, 0.6) is 0 Å². The highest BCUT2D eigenvalue weighted by Gasteiger charge is 2.28. The molecule has 15 heavy (non-hydrogen) atoms. The second-order valence-electron chi connectivity index (χ2n) is 4.94. The third-order valence-corrected chi connectivity index (χ3v) is 4.59. The molecular weight excluding hydrogens is 214 g/mol. The number of aliphatic hydroxyl groups is 1. The molecular formula is C10H21NO3S. The van der Waals surface area contributed by atoms with Crippen molar-refractivity contribution in [3.63, 3.8) is 0 Å². The number of nitrogens with one attached hydrogen (secondary N) is 1. The van der Waals surface area contributed by atoms with Gasteiger partial charge in [-0.1, -0.05) is 19.3 Å². The summed E-state index contributed by atoms with van der Waals surface area (Å²) in [4.78, 5) is 0. The van der Waals surface area contributed by atoms with Gasteiger partial charge in [-0.15, -0.1) is 0 Å². The maximum Gasteiger partial charge on any atom is 0.214 e. The lowest BCUT2D eigenvalue weighted by molar-refractivity contribution is 0.0856. The summed E-state index contributed by atoms with van der Waals surface area (Å²) in [5.41, 5.74) is -0.984. The second-order valence-corrected chi connectivity index (χ2v) is 6.98. The molecule has 1 saturated carbocycles. The Hall–Kier alpha value is -0.130. The third-order valence-electron chi connectivity index (χ3n) is 2.70. The van der Waals surface area contributed by atoms with Gasteiger partial charge in [-0.2, -0.15) is 0 Å². The summed E-state index contributed by atoms with van der Waals surface area (Å²) in [6, 6.07) is 0. The van der Waals surface area contributed by atoms with Crippen molar-refractivity contribution in [1.29, 1.82) is 0 Å². The fourth-order valence-corrected chi connectivity index (χ4v) is 3.51. The highest BCUT2D eigenvalue weighted by Crippen LogP contribution is 2.23. The smallest absolute Gasteiger partial charge is 0.214 e. The van der Waals surface area contributed by atoms with Crippen molar-refractivity contribution in [3.8, 4) is 0 Å². The van der Waals surface area contributed by atoms with Gasteiger partial charge in [0.1, 0.15) is 0 Å². The molecule has 0 aliphatic heterocycles. The summed E-state index contributed by atoms with van der Waals surface area (Å²) in [6.07, 6.45) is 4.63. The first-order valence-corrected chi connectivity index (χ1v) is 7.07. The standard InChI is InChI=1S/C10H21NO3S/c1-10(2,12)8-11-15(13,14)9-6-4-3-5-7-9/h9,11-12H,3-8H2,1-2H3. The monoisotopic (exact) mass is 235 g/mol. The summed E-state index contributed by atoms with van der Waals surface area (Å²) < 4.78 is 26.1. The van der Waals surface area contributed by atoms with Crippen LogP contribution in [0.15, 0.2) is 0 Å². The van der Waals surface area contributed by atoms with Crippen LogP contribution in [0.2, 0.25) is 0 Å². The number of rotatable bonds is 4. The molecule has 1 aliphatic carbocycles. The first-order valence-electron chi connectivity index (χ1n) is 5.52. The minimum absolute atomic E-state index is 0.0891. The molecule has 0 aromatic rings.